The van der Waals surface area contributed by atoms with Crippen LogP contribution in [0.2, 0.25) is 0 Å². The zero-order chi connectivity index (χ0) is 15.2. The van der Waals surface area contributed by atoms with Crippen molar-refractivity contribution in [1.82, 2.24) is 15.0 Å². The maximum atomic E-state index is 11.2. The highest BCUT2D eigenvalue weighted by atomic mass is 16.5. The maximum absolute atomic E-state index is 11.2. The van der Waals surface area contributed by atoms with Crippen molar-refractivity contribution in [3.63, 3.8) is 0 Å². The zero-order valence-electron chi connectivity index (χ0n) is 12.2. The van der Waals surface area contributed by atoms with E-state index in [0.29, 0.717) is 12.2 Å². The van der Waals surface area contributed by atoms with Crippen LogP contribution in [-0.2, 0) is 19.6 Å². The Morgan fingerprint density at radius 2 is 2.19 bits per heavy atom. The Hall–Kier alpha value is -2.37. The van der Waals surface area contributed by atoms with Crippen molar-refractivity contribution in [3.05, 3.63) is 41.2 Å². The second kappa shape index (κ2) is 6.88. The van der Waals surface area contributed by atoms with Crippen LogP contribution in [0.25, 0.3) is 0 Å². The highest BCUT2D eigenvalue weighted by Crippen LogP contribution is 2.16. The lowest BCUT2D eigenvalue weighted by molar-refractivity contribution is 0.0687. The Labute approximate surface area is 123 Å². The molecular formula is C15H19N3O3. The summed E-state index contributed by atoms with van der Waals surface area (Å²) in [6, 6.07) is 7.76. The minimum absolute atomic E-state index is 0.0462. The molecule has 21 heavy (non-hydrogen) atoms. The Kier molecular flexibility index (Phi) is 4.92. The monoisotopic (exact) mass is 289 g/mol. The molecule has 0 amide bonds. The number of carbonyl (C=O) groups is 1. The minimum Gasteiger partial charge on any atom is -0.487 e. The third kappa shape index (κ3) is 3.59. The van der Waals surface area contributed by atoms with Gasteiger partial charge in [0.15, 0.2) is 5.69 Å². The third-order valence-corrected chi connectivity index (χ3v) is 3.16. The molecule has 2 rings (SSSR count). The first-order chi connectivity index (χ1) is 10.2. The number of aromatic carboxylic acids is 1. The highest BCUT2D eigenvalue weighted by molar-refractivity contribution is 5.86. The van der Waals surface area contributed by atoms with E-state index in [1.807, 2.05) is 31.2 Å². The van der Waals surface area contributed by atoms with Gasteiger partial charge in [0.1, 0.15) is 18.1 Å². The van der Waals surface area contributed by atoms with Crippen molar-refractivity contribution in [1.29, 1.82) is 0 Å². The van der Waals surface area contributed by atoms with Crippen LogP contribution in [0.15, 0.2) is 24.3 Å². The van der Waals surface area contributed by atoms with E-state index >= 15 is 0 Å². The first-order valence-corrected chi connectivity index (χ1v) is 7.03. The van der Waals surface area contributed by atoms with E-state index in [9.17, 15) is 4.79 Å². The van der Waals surface area contributed by atoms with Gasteiger partial charge in [0.25, 0.3) is 0 Å². The molecule has 0 aliphatic rings. The Morgan fingerprint density at radius 3 is 2.86 bits per heavy atom. The van der Waals surface area contributed by atoms with Gasteiger partial charge in [0.2, 0.25) is 0 Å². The Balaban J connectivity index is 2.17. The third-order valence-electron chi connectivity index (χ3n) is 3.16. The summed E-state index contributed by atoms with van der Waals surface area (Å²) in [5, 5.41) is 16.7. The Bertz CT molecular complexity index is 622. The van der Waals surface area contributed by atoms with Crippen molar-refractivity contribution < 1.29 is 14.6 Å². The molecule has 0 aliphatic heterocycles. The fourth-order valence-corrected chi connectivity index (χ4v) is 2.04. The van der Waals surface area contributed by atoms with Gasteiger partial charge in [0, 0.05) is 6.54 Å². The number of hydrogen-bond acceptors (Lipinski definition) is 4. The standard InChI is InChI=1S/C15H19N3O3/c1-3-8-18-13(14(15(19)20)16-17-18)10-21-12-7-5-6-11(4-2)9-12/h5-7,9H,3-4,8,10H2,1-2H3,(H,19,20). The van der Waals surface area contributed by atoms with Crippen LogP contribution in [0.4, 0.5) is 0 Å². The number of carboxylic acid groups (broad SMARTS) is 1. The summed E-state index contributed by atoms with van der Waals surface area (Å²) in [5.74, 6) is -0.367. The molecule has 0 aliphatic carbocycles. The summed E-state index contributed by atoms with van der Waals surface area (Å²) < 4.78 is 7.30. The predicted molar refractivity (Wildman–Crippen MR) is 77.4 cm³/mol. The topological polar surface area (TPSA) is 77.2 Å². The lowest BCUT2D eigenvalue weighted by Crippen LogP contribution is -2.11. The summed E-state index contributed by atoms with van der Waals surface area (Å²) in [6.45, 7) is 4.83. The fraction of sp³-hybridized carbons (Fsp3) is 0.400. The van der Waals surface area contributed by atoms with Crippen LogP contribution in [0.5, 0.6) is 5.75 Å². The van der Waals surface area contributed by atoms with Gasteiger partial charge in [-0.3, -0.25) is 0 Å². The molecule has 1 heterocycles. The lowest BCUT2D eigenvalue weighted by atomic mass is 10.2. The molecule has 1 N–H and O–H groups in total. The molecular weight excluding hydrogens is 270 g/mol. The smallest absolute Gasteiger partial charge is 0.358 e. The number of nitrogens with zero attached hydrogens (tertiary/aromatic N) is 3. The summed E-state index contributed by atoms with van der Waals surface area (Å²) in [5.41, 5.74) is 1.62. The molecule has 0 atom stereocenters. The number of ether oxygens (including phenoxy) is 1. The molecule has 0 saturated heterocycles. The summed E-state index contributed by atoms with van der Waals surface area (Å²) >= 11 is 0. The summed E-state index contributed by atoms with van der Waals surface area (Å²) in [6.07, 6.45) is 1.77. The van der Waals surface area contributed by atoms with Gasteiger partial charge in [-0.25, -0.2) is 9.48 Å². The predicted octanol–water partition coefficient (Wildman–Crippen LogP) is 2.53. The SMILES string of the molecule is CCCn1nnc(C(=O)O)c1COc1cccc(CC)c1. The van der Waals surface area contributed by atoms with Gasteiger partial charge in [-0.15, -0.1) is 5.10 Å². The molecule has 0 saturated carbocycles. The van der Waals surface area contributed by atoms with Crippen molar-refractivity contribution in [2.75, 3.05) is 0 Å². The number of aromatic nitrogens is 3. The van der Waals surface area contributed by atoms with E-state index in [1.165, 1.54) is 5.56 Å². The van der Waals surface area contributed by atoms with Gasteiger partial charge in [-0.2, -0.15) is 0 Å². The molecule has 1 aromatic carbocycles. The summed E-state index contributed by atoms with van der Waals surface area (Å²) in [4.78, 5) is 11.2. The van der Waals surface area contributed by atoms with Crippen LogP contribution in [0.3, 0.4) is 0 Å². The van der Waals surface area contributed by atoms with Crippen molar-refractivity contribution >= 4 is 5.97 Å². The molecule has 6 heteroatoms. The fourth-order valence-electron chi connectivity index (χ4n) is 2.04. The van der Waals surface area contributed by atoms with E-state index in [-0.39, 0.29) is 12.3 Å². The van der Waals surface area contributed by atoms with Gasteiger partial charge < -0.3 is 9.84 Å². The molecule has 0 fully saturated rings. The number of aryl methyl sites for hydroxylation is 2. The van der Waals surface area contributed by atoms with Crippen molar-refractivity contribution in [2.24, 2.45) is 0 Å². The average molecular weight is 289 g/mol. The van der Waals surface area contributed by atoms with E-state index in [0.717, 1.165) is 18.6 Å². The van der Waals surface area contributed by atoms with Crippen LogP contribution in [0.1, 0.15) is 42.0 Å². The van der Waals surface area contributed by atoms with E-state index in [1.54, 1.807) is 4.68 Å². The largest absolute Gasteiger partial charge is 0.487 e. The average Bonchev–Trinajstić information content (AvgIpc) is 2.89. The van der Waals surface area contributed by atoms with Crippen LogP contribution in [0, 0.1) is 0 Å². The number of benzene rings is 1. The molecule has 6 nitrogen and oxygen atoms in total. The number of hydrogen-bond donors (Lipinski definition) is 1. The second-order valence-corrected chi connectivity index (χ2v) is 4.70. The molecule has 0 spiro atoms. The molecule has 2 aromatic rings. The van der Waals surface area contributed by atoms with Crippen LogP contribution < -0.4 is 4.74 Å². The molecule has 0 bridgehead atoms. The minimum atomic E-state index is -1.08. The molecule has 112 valence electrons. The Morgan fingerprint density at radius 1 is 1.38 bits per heavy atom. The molecule has 0 radical (unpaired) electrons. The first-order valence-electron chi connectivity index (χ1n) is 7.03. The van der Waals surface area contributed by atoms with E-state index < -0.39 is 5.97 Å². The maximum Gasteiger partial charge on any atom is 0.358 e. The molecule has 0 unspecified atom stereocenters. The number of carboxylic acids is 1. The molecule has 1 aromatic heterocycles. The van der Waals surface area contributed by atoms with Gasteiger partial charge in [-0.1, -0.05) is 31.2 Å². The van der Waals surface area contributed by atoms with Crippen molar-refractivity contribution in [2.45, 2.75) is 39.8 Å². The van der Waals surface area contributed by atoms with Gasteiger partial charge in [0.05, 0.1) is 0 Å². The summed E-state index contributed by atoms with van der Waals surface area (Å²) in [7, 11) is 0. The normalized spacial score (nSPS) is 10.6. The number of rotatable bonds is 7. The first kappa shape index (κ1) is 15.0. The van der Waals surface area contributed by atoms with Gasteiger partial charge in [-0.05, 0) is 30.5 Å². The van der Waals surface area contributed by atoms with Gasteiger partial charge >= 0.3 is 5.97 Å². The second-order valence-electron chi connectivity index (χ2n) is 4.70. The van der Waals surface area contributed by atoms with E-state index in [4.69, 9.17) is 9.84 Å². The quantitative estimate of drug-likeness (QED) is 0.847. The van der Waals surface area contributed by atoms with E-state index in [2.05, 4.69) is 17.2 Å². The van der Waals surface area contributed by atoms with Crippen LogP contribution in [-0.4, -0.2) is 26.1 Å². The van der Waals surface area contributed by atoms with Crippen molar-refractivity contribution in [3.8, 4) is 5.75 Å². The lowest BCUT2D eigenvalue weighted by Gasteiger charge is -2.09. The highest BCUT2D eigenvalue weighted by Gasteiger charge is 2.19. The zero-order valence-corrected chi connectivity index (χ0v) is 12.2. The van der Waals surface area contributed by atoms with Crippen LogP contribution >= 0.6 is 0 Å².